The predicted molar refractivity (Wildman–Crippen MR) is 89.0 cm³/mol. The molecule has 0 amide bonds. The van der Waals surface area contributed by atoms with Gasteiger partial charge in [0.1, 0.15) is 5.15 Å². The topological polar surface area (TPSA) is 36.7 Å². The Morgan fingerprint density at radius 3 is 1.86 bits per heavy atom. The SMILES string of the molecule is N#CCc1ccc(-c2c(Cl)c(Cl)c(Cl)c(Cl)c2Cl)nc1Cl. The molecule has 8 heteroatoms. The van der Waals surface area contributed by atoms with Crippen LogP contribution in [0.4, 0.5) is 0 Å². The zero-order valence-corrected chi connectivity index (χ0v) is 14.6. The van der Waals surface area contributed by atoms with Crippen LogP contribution in [0.1, 0.15) is 5.56 Å². The van der Waals surface area contributed by atoms with Gasteiger partial charge in [-0.2, -0.15) is 5.26 Å². The van der Waals surface area contributed by atoms with E-state index in [4.69, 9.17) is 74.9 Å². The third kappa shape index (κ3) is 3.19. The minimum atomic E-state index is 0.0734. The molecule has 0 fully saturated rings. The van der Waals surface area contributed by atoms with Crippen LogP contribution < -0.4 is 0 Å². The molecule has 1 heterocycles. The maximum Gasteiger partial charge on any atom is 0.133 e. The van der Waals surface area contributed by atoms with Gasteiger partial charge in [-0.3, -0.25) is 0 Å². The van der Waals surface area contributed by atoms with Crippen LogP contribution in [0, 0.1) is 11.3 Å². The molecule has 2 rings (SSSR count). The molecule has 0 radical (unpaired) electrons. The number of halogens is 6. The summed E-state index contributed by atoms with van der Waals surface area (Å²) >= 11 is 36.3. The van der Waals surface area contributed by atoms with Gasteiger partial charge in [-0.1, -0.05) is 75.7 Å². The first-order chi connectivity index (χ1) is 9.88. The molecule has 0 atom stereocenters. The number of hydrogen-bond acceptors (Lipinski definition) is 2. The molecule has 0 bridgehead atoms. The van der Waals surface area contributed by atoms with Crippen molar-refractivity contribution in [3.63, 3.8) is 0 Å². The fraction of sp³-hybridized carbons (Fsp3) is 0.0769. The normalized spacial score (nSPS) is 10.5. The van der Waals surface area contributed by atoms with E-state index < -0.39 is 0 Å². The highest BCUT2D eigenvalue weighted by Crippen LogP contribution is 2.47. The van der Waals surface area contributed by atoms with E-state index in [1.54, 1.807) is 12.1 Å². The lowest BCUT2D eigenvalue weighted by Crippen LogP contribution is -1.93. The average molecular weight is 401 g/mol. The Kier molecular flexibility index (Phi) is 5.48. The van der Waals surface area contributed by atoms with E-state index in [1.807, 2.05) is 6.07 Å². The Morgan fingerprint density at radius 1 is 0.857 bits per heavy atom. The summed E-state index contributed by atoms with van der Waals surface area (Å²) in [6.07, 6.45) is 0.149. The molecular formula is C13H4Cl6N2. The fourth-order valence-electron chi connectivity index (χ4n) is 1.65. The summed E-state index contributed by atoms with van der Waals surface area (Å²) in [5.74, 6) is 0. The molecule has 2 nitrogen and oxygen atoms in total. The zero-order chi connectivity index (χ0) is 15.7. The van der Waals surface area contributed by atoms with Crippen molar-refractivity contribution in [3.05, 3.63) is 48.0 Å². The molecule has 0 aliphatic heterocycles. The summed E-state index contributed by atoms with van der Waals surface area (Å²) < 4.78 is 0. The summed E-state index contributed by atoms with van der Waals surface area (Å²) in [4.78, 5) is 4.18. The van der Waals surface area contributed by atoms with Crippen molar-refractivity contribution in [2.24, 2.45) is 0 Å². The van der Waals surface area contributed by atoms with Gasteiger partial charge in [0.25, 0.3) is 0 Å². The molecule has 0 saturated carbocycles. The van der Waals surface area contributed by atoms with Crippen LogP contribution in [0.25, 0.3) is 11.3 Å². The molecule has 0 unspecified atom stereocenters. The summed E-state index contributed by atoms with van der Waals surface area (Å²) in [5.41, 5.74) is 1.32. The highest BCUT2D eigenvalue weighted by Gasteiger charge is 2.21. The molecule has 0 N–H and O–H groups in total. The Morgan fingerprint density at radius 2 is 1.38 bits per heavy atom. The summed E-state index contributed by atoms with van der Waals surface area (Å²) in [7, 11) is 0. The van der Waals surface area contributed by atoms with Crippen molar-refractivity contribution in [2.45, 2.75) is 6.42 Å². The molecule has 21 heavy (non-hydrogen) atoms. The van der Waals surface area contributed by atoms with Gasteiger partial charge < -0.3 is 0 Å². The van der Waals surface area contributed by atoms with E-state index in [1.165, 1.54) is 0 Å². The van der Waals surface area contributed by atoms with Gasteiger partial charge in [0.05, 0.1) is 43.3 Å². The first-order valence-electron chi connectivity index (χ1n) is 5.42. The minimum Gasteiger partial charge on any atom is -0.236 e. The molecule has 1 aromatic heterocycles. The van der Waals surface area contributed by atoms with E-state index in [0.717, 1.165) is 0 Å². The predicted octanol–water partition coefficient (Wildman–Crippen LogP) is 6.74. The second-order valence-corrected chi connectivity index (χ2v) is 6.17. The van der Waals surface area contributed by atoms with Crippen LogP contribution in [0.5, 0.6) is 0 Å². The molecule has 0 aliphatic rings. The number of aromatic nitrogens is 1. The van der Waals surface area contributed by atoms with E-state index in [0.29, 0.717) is 16.8 Å². The maximum absolute atomic E-state index is 8.69. The lowest BCUT2D eigenvalue weighted by molar-refractivity contribution is 1.19. The second kappa shape index (κ2) is 6.79. The minimum absolute atomic E-state index is 0.0734. The Balaban J connectivity index is 2.69. The van der Waals surface area contributed by atoms with Crippen LogP contribution >= 0.6 is 69.6 Å². The van der Waals surface area contributed by atoms with Gasteiger partial charge in [0, 0.05) is 11.1 Å². The first-order valence-corrected chi connectivity index (χ1v) is 7.69. The number of benzene rings is 1. The van der Waals surface area contributed by atoms with Gasteiger partial charge in [0.2, 0.25) is 0 Å². The average Bonchev–Trinajstić information content (AvgIpc) is 2.46. The van der Waals surface area contributed by atoms with Crippen molar-refractivity contribution in [3.8, 4) is 17.3 Å². The fourth-order valence-corrected chi connectivity index (χ4v) is 3.20. The van der Waals surface area contributed by atoms with E-state index in [-0.39, 0.29) is 36.7 Å². The largest absolute Gasteiger partial charge is 0.236 e. The number of nitrogens with zero attached hydrogens (tertiary/aromatic N) is 2. The van der Waals surface area contributed by atoms with E-state index in [2.05, 4.69) is 4.98 Å². The number of pyridine rings is 1. The lowest BCUT2D eigenvalue weighted by atomic mass is 10.1. The van der Waals surface area contributed by atoms with Gasteiger partial charge in [0.15, 0.2) is 0 Å². The molecule has 0 spiro atoms. The quantitative estimate of drug-likeness (QED) is 0.318. The summed E-state index contributed by atoms with van der Waals surface area (Å²) in [5, 5.41) is 9.39. The van der Waals surface area contributed by atoms with E-state index in [9.17, 15) is 0 Å². The van der Waals surface area contributed by atoms with Gasteiger partial charge in [-0.25, -0.2) is 4.98 Å². The van der Waals surface area contributed by atoms with Crippen molar-refractivity contribution in [1.82, 2.24) is 4.98 Å². The highest BCUT2D eigenvalue weighted by atomic mass is 35.5. The van der Waals surface area contributed by atoms with Crippen LogP contribution in [0.3, 0.4) is 0 Å². The third-order valence-corrected chi connectivity index (χ3v) is 5.27. The smallest absolute Gasteiger partial charge is 0.133 e. The molecule has 2 aromatic rings. The standard InChI is InChI=1S/C13H4Cl6N2/c14-8-7(9(15)11(17)12(18)10(8)16)6-2-1-5(3-4-20)13(19)21-6/h1-2H,3H2. The maximum atomic E-state index is 8.69. The van der Waals surface area contributed by atoms with Crippen LogP contribution in [0.2, 0.25) is 30.3 Å². The van der Waals surface area contributed by atoms with Gasteiger partial charge in [-0.15, -0.1) is 0 Å². The summed E-state index contributed by atoms with van der Waals surface area (Å²) in [6.45, 7) is 0. The molecular weight excluding hydrogens is 397 g/mol. The van der Waals surface area contributed by atoms with Crippen molar-refractivity contribution in [2.75, 3.05) is 0 Å². The molecule has 0 aliphatic carbocycles. The number of nitriles is 1. The van der Waals surface area contributed by atoms with Gasteiger partial charge >= 0.3 is 0 Å². The molecule has 1 aromatic carbocycles. The number of rotatable bonds is 2. The Labute approximate surface area is 151 Å². The zero-order valence-electron chi connectivity index (χ0n) is 10.0. The lowest BCUT2D eigenvalue weighted by Gasteiger charge is -2.12. The van der Waals surface area contributed by atoms with Crippen molar-refractivity contribution < 1.29 is 0 Å². The second-order valence-electron chi connectivity index (χ2n) is 3.93. The van der Waals surface area contributed by atoms with Gasteiger partial charge in [-0.05, 0) is 6.07 Å². The van der Waals surface area contributed by atoms with Crippen molar-refractivity contribution in [1.29, 1.82) is 5.26 Å². The van der Waals surface area contributed by atoms with Crippen LogP contribution in [0.15, 0.2) is 12.1 Å². The molecule has 0 saturated heterocycles. The highest BCUT2D eigenvalue weighted by molar-refractivity contribution is 6.56. The third-order valence-electron chi connectivity index (χ3n) is 2.66. The molecule has 108 valence electrons. The van der Waals surface area contributed by atoms with Crippen molar-refractivity contribution >= 4 is 69.6 Å². The van der Waals surface area contributed by atoms with E-state index >= 15 is 0 Å². The Hall–Kier alpha value is -0.400. The number of hydrogen-bond donors (Lipinski definition) is 0. The van der Waals surface area contributed by atoms with Crippen LogP contribution in [-0.2, 0) is 6.42 Å². The van der Waals surface area contributed by atoms with Crippen LogP contribution in [-0.4, -0.2) is 4.98 Å². The first kappa shape index (κ1) is 17.0. The summed E-state index contributed by atoms with van der Waals surface area (Å²) in [6, 6.07) is 5.29. The monoisotopic (exact) mass is 398 g/mol. The Bertz CT molecular complexity index is 737.